The Bertz CT molecular complexity index is 1320. The second-order valence-electron chi connectivity index (χ2n) is 11.0. The normalized spacial score (nSPS) is 20.0. The quantitative estimate of drug-likeness (QED) is 0.437. The predicted molar refractivity (Wildman–Crippen MR) is 158 cm³/mol. The molecule has 0 radical (unpaired) electrons. The zero-order chi connectivity index (χ0) is 28.7. The highest BCUT2D eigenvalue weighted by atomic mass is 16.5. The molecule has 7 nitrogen and oxygen atoms in total. The monoisotopic (exact) mass is 556 g/mol. The van der Waals surface area contributed by atoms with Gasteiger partial charge in [-0.1, -0.05) is 66.7 Å². The molecule has 1 spiro atoms. The van der Waals surface area contributed by atoms with Gasteiger partial charge in [-0.25, -0.2) is 0 Å². The molecule has 1 saturated heterocycles. The SMILES string of the molecule is Cc1cccc(C)c1OCC(=O)N1CCOC2(CCCCc3ccccc3OCCN(Cc3ccccc3)C2=O)C1. The fraction of sp³-hybridized carbons (Fsp3) is 0.412. The number of rotatable bonds is 5. The van der Waals surface area contributed by atoms with Crippen LogP contribution in [0.2, 0.25) is 0 Å². The number of nitrogens with zero attached hydrogens (tertiary/aromatic N) is 2. The molecule has 3 aromatic carbocycles. The summed E-state index contributed by atoms with van der Waals surface area (Å²) >= 11 is 0. The molecule has 1 unspecified atom stereocenters. The van der Waals surface area contributed by atoms with Gasteiger partial charge < -0.3 is 24.0 Å². The molecule has 1 fully saturated rings. The average molecular weight is 557 g/mol. The molecule has 0 bridgehead atoms. The van der Waals surface area contributed by atoms with Crippen molar-refractivity contribution in [2.45, 2.75) is 51.7 Å². The lowest BCUT2D eigenvalue weighted by atomic mass is 9.90. The predicted octanol–water partition coefficient (Wildman–Crippen LogP) is 5.11. The zero-order valence-corrected chi connectivity index (χ0v) is 24.1. The highest BCUT2D eigenvalue weighted by Gasteiger charge is 2.46. The minimum Gasteiger partial charge on any atom is -0.491 e. The second-order valence-corrected chi connectivity index (χ2v) is 11.0. The molecule has 2 aliphatic heterocycles. The van der Waals surface area contributed by atoms with Crippen molar-refractivity contribution in [2.75, 3.05) is 39.5 Å². The first-order valence-electron chi connectivity index (χ1n) is 14.6. The van der Waals surface area contributed by atoms with Crippen molar-refractivity contribution >= 4 is 11.8 Å². The standard InChI is InChI=1S/C34H40N2O5/c1-26-11-10-12-27(2)32(26)40-24-31(37)36-20-22-41-34(25-36)18-9-8-16-29-15-6-7-17-30(29)39-21-19-35(33(34)38)23-28-13-4-3-5-14-28/h3-7,10-15,17H,8-9,16,18-25H2,1-2H3. The number of amides is 2. The Kier molecular flexibility index (Phi) is 9.24. The van der Waals surface area contributed by atoms with Gasteiger partial charge in [0.25, 0.3) is 11.8 Å². The van der Waals surface area contributed by atoms with E-state index >= 15 is 0 Å². The summed E-state index contributed by atoms with van der Waals surface area (Å²) in [5, 5.41) is 0. The Morgan fingerprint density at radius 1 is 0.902 bits per heavy atom. The maximum Gasteiger partial charge on any atom is 0.260 e. The van der Waals surface area contributed by atoms with Gasteiger partial charge in [0.05, 0.1) is 19.7 Å². The second kappa shape index (κ2) is 13.2. The number of morpholine rings is 1. The van der Waals surface area contributed by atoms with Crippen molar-refractivity contribution in [3.05, 3.63) is 95.1 Å². The first kappa shape index (κ1) is 28.7. The van der Waals surface area contributed by atoms with Crippen LogP contribution < -0.4 is 9.47 Å². The van der Waals surface area contributed by atoms with Crippen LogP contribution in [0.25, 0.3) is 0 Å². The number of hydrogen-bond acceptors (Lipinski definition) is 5. The van der Waals surface area contributed by atoms with Crippen LogP contribution in [0.5, 0.6) is 11.5 Å². The lowest BCUT2D eigenvalue weighted by Crippen LogP contribution is -2.62. The van der Waals surface area contributed by atoms with Crippen LogP contribution in [0.3, 0.4) is 0 Å². The summed E-state index contributed by atoms with van der Waals surface area (Å²) in [7, 11) is 0. The van der Waals surface area contributed by atoms with Crippen LogP contribution in [0, 0.1) is 13.8 Å². The van der Waals surface area contributed by atoms with Gasteiger partial charge in [0.1, 0.15) is 18.1 Å². The molecule has 7 heteroatoms. The first-order chi connectivity index (χ1) is 19.9. The molecular weight excluding hydrogens is 516 g/mol. The van der Waals surface area contributed by atoms with Crippen LogP contribution in [0.15, 0.2) is 72.8 Å². The van der Waals surface area contributed by atoms with Gasteiger partial charge in [-0.2, -0.15) is 0 Å². The summed E-state index contributed by atoms with van der Waals surface area (Å²) in [5.74, 6) is 1.39. The number of hydrogen-bond donors (Lipinski definition) is 0. The van der Waals surface area contributed by atoms with E-state index in [0.29, 0.717) is 39.3 Å². The van der Waals surface area contributed by atoms with Crippen molar-refractivity contribution in [1.82, 2.24) is 9.80 Å². The van der Waals surface area contributed by atoms with Crippen LogP contribution in [0.1, 0.15) is 41.5 Å². The smallest absolute Gasteiger partial charge is 0.260 e. The molecule has 2 heterocycles. The Balaban J connectivity index is 1.37. The van der Waals surface area contributed by atoms with E-state index in [1.54, 1.807) is 4.90 Å². The highest BCUT2D eigenvalue weighted by molar-refractivity contribution is 5.87. The maximum absolute atomic E-state index is 14.4. The van der Waals surface area contributed by atoms with Crippen molar-refractivity contribution in [2.24, 2.45) is 0 Å². The fourth-order valence-electron chi connectivity index (χ4n) is 5.82. The Labute approximate surface area is 243 Å². The molecule has 0 saturated carbocycles. The molecular formula is C34H40N2O5. The van der Waals surface area contributed by atoms with E-state index < -0.39 is 5.60 Å². The van der Waals surface area contributed by atoms with Gasteiger partial charge in [-0.15, -0.1) is 0 Å². The molecule has 216 valence electrons. The minimum absolute atomic E-state index is 0.0751. The van der Waals surface area contributed by atoms with Gasteiger partial charge >= 0.3 is 0 Å². The third-order valence-electron chi connectivity index (χ3n) is 8.05. The Morgan fingerprint density at radius 2 is 1.66 bits per heavy atom. The number of ether oxygens (including phenoxy) is 3. The van der Waals surface area contributed by atoms with E-state index in [1.165, 1.54) is 5.56 Å². The zero-order valence-electron chi connectivity index (χ0n) is 24.1. The van der Waals surface area contributed by atoms with E-state index in [1.807, 2.05) is 85.5 Å². The molecule has 0 aliphatic carbocycles. The number of para-hydroxylation sites is 2. The van der Waals surface area contributed by atoms with Crippen LogP contribution in [-0.2, 0) is 27.3 Å². The number of carbonyl (C=O) groups is 2. The van der Waals surface area contributed by atoms with E-state index in [2.05, 4.69) is 6.07 Å². The molecule has 0 aromatic heterocycles. The number of aryl methyl sites for hydroxylation is 3. The maximum atomic E-state index is 14.4. The summed E-state index contributed by atoms with van der Waals surface area (Å²) in [4.78, 5) is 31.4. The lowest BCUT2D eigenvalue weighted by molar-refractivity contribution is -0.177. The number of carbonyl (C=O) groups excluding carboxylic acids is 2. The van der Waals surface area contributed by atoms with Gasteiger partial charge in [0, 0.05) is 13.1 Å². The fourth-order valence-corrected chi connectivity index (χ4v) is 5.82. The molecule has 2 aliphatic rings. The van der Waals surface area contributed by atoms with E-state index in [-0.39, 0.29) is 25.0 Å². The molecule has 2 amide bonds. The average Bonchev–Trinajstić information content (AvgIpc) is 2.99. The molecule has 1 atom stereocenters. The van der Waals surface area contributed by atoms with Gasteiger partial charge in [0.15, 0.2) is 12.2 Å². The van der Waals surface area contributed by atoms with Crippen LogP contribution >= 0.6 is 0 Å². The van der Waals surface area contributed by atoms with Crippen molar-refractivity contribution in [3.63, 3.8) is 0 Å². The number of fused-ring (bicyclic) bond motifs is 1. The van der Waals surface area contributed by atoms with Crippen LogP contribution in [-0.4, -0.2) is 66.7 Å². The molecule has 41 heavy (non-hydrogen) atoms. The Morgan fingerprint density at radius 3 is 2.46 bits per heavy atom. The topological polar surface area (TPSA) is 68.3 Å². The molecule has 5 rings (SSSR count). The third-order valence-corrected chi connectivity index (χ3v) is 8.05. The van der Waals surface area contributed by atoms with Crippen molar-refractivity contribution in [3.8, 4) is 11.5 Å². The van der Waals surface area contributed by atoms with Gasteiger partial charge in [-0.3, -0.25) is 9.59 Å². The first-order valence-corrected chi connectivity index (χ1v) is 14.6. The molecule has 3 aromatic rings. The van der Waals surface area contributed by atoms with Gasteiger partial charge in [0.2, 0.25) is 0 Å². The summed E-state index contributed by atoms with van der Waals surface area (Å²) in [5.41, 5.74) is 3.08. The van der Waals surface area contributed by atoms with Crippen molar-refractivity contribution < 1.29 is 23.8 Å². The largest absolute Gasteiger partial charge is 0.491 e. The third kappa shape index (κ3) is 6.91. The lowest BCUT2D eigenvalue weighted by Gasteiger charge is -2.44. The van der Waals surface area contributed by atoms with Crippen molar-refractivity contribution in [1.29, 1.82) is 0 Å². The summed E-state index contributed by atoms with van der Waals surface area (Å²) in [6, 6.07) is 24.0. The molecule has 0 N–H and O–H groups in total. The van der Waals surface area contributed by atoms with Crippen LogP contribution in [0.4, 0.5) is 0 Å². The summed E-state index contributed by atoms with van der Waals surface area (Å²) in [6.07, 6.45) is 3.09. The Hall–Kier alpha value is -3.84. The summed E-state index contributed by atoms with van der Waals surface area (Å²) < 4.78 is 18.6. The van der Waals surface area contributed by atoms with Gasteiger partial charge in [-0.05, 0) is 67.9 Å². The minimum atomic E-state index is -1.11. The van der Waals surface area contributed by atoms with E-state index in [0.717, 1.165) is 47.5 Å². The summed E-state index contributed by atoms with van der Waals surface area (Å²) in [6.45, 7) is 6.05. The highest BCUT2D eigenvalue weighted by Crippen LogP contribution is 2.30. The van der Waals surface area contributed by atoms with E-state index in [9.17, 15) is 9.59 Å². The van der Waals surface area contributed by atoms with E-state index in [4.69, 9.17) is 14.2 Å². The number of benzene rings is 3.